The molecule has 37 heavy (non-hydrogen) atoms. The Hall–Kier alpha value is -3.31. The van der Waals surface area contributed by atoms with Crippen LogP contribution < -0.4 is 10.0 Å². The van der Waals surface area contributed by atoms with Gasteiger partial charge in [0.05, 0.1) is 14.9 Å². The highest BCUT2D eigenvalue weighted by Crippen LogP contribution is 2.40. The van der Waals surface area contributed by atoms with Crippen molar-refractivity contribution in [1.82, 2.24) is 0 Å². The molecule has 0 unspecified atom stereocenters. The van der Waals surface area contributed by atoms with Crippen molar-refractivity contribution >= 4 is 54.9 Å². The molecule has 3 aromatic rings. The zero-order valence-corrected chi connectivity index (χ0v) is 22.3. The van der Waals surface area contributed by atoms with Crippen molar-refractivity contribution in [3.05, 3.63) is 81.3 Å². The van der Waals surface area contributed by atoms with Gasteiger partial charge in [0.1, 0.15) is 5.75 Å². The second-order valence-electron chi connectivity index (χ2n) is 9.55. The van der Waals surface area contributed by atoms with Crippen LogP contribution in [-0.2, 0) is 26.4 Å². The number of nitrogens with one attached hydrogen (secondary N) is 2. The monoisotopic (exact) mass is 594 g/mol. The number of anilines is 2. The third-order valence-electron chi connectivity index (χ3n) is 5.75. The number of alkyl halides is 3. The second kappa shape index (κ2) is 9.21. The maximum atomic E-state index is 13.0. The van der Waals surface area contributed by atoms with Gasteiger partial charge in [0.15, 0.2) is 0 Å². The van der Waals surface area contributed by atoms with Crippen molar-refractivity contribution < 1.29 is 31.5 Å². The zero-order chi connectivity index (χ0) is 27.3. The highest BCUT2D eigenvalue weighted by molar-refractivity contribution is 9.10. The van der Waals surface area contributed by atoms with Crippen LogP contribution in [0.2, 0.25) is 0 Å². The highest BCUT2D eigenvalue weighted by Gasteiger charge is 2.31. The van der Waals surface area contributed by atoms with Crippen molar-refractivity contribution in [1.29, 1.82) is 0 Å². The summed E-state index contributed by atoms with van der Waals surface area (Å²) in [6.45, 7) is 5.80. The number of carbonyl (C=O) groups excluding carboxylic acids is 1. The predicted octanol–water partition coefficient (Wildman–Crippen LogP) is 6.76. The normalized spacial score (nSPS) is 15.0. The first-order chi connectivity index (χ1) is 17.1. The van der Waals surface area contributed by atoms with Crippen molar-refractivity contribution in [3.63, 3.8) is 0 Å². The van der Waals surface area contributed by atoms with Gasteiger partial charge >= 0.3 is 6.18 Å². The van der Waals surface area contributed by atoms with Crippen molar-refractivity contribution in [2.24, 2.45) is 0 Å². The van der Waals surface area contributed by atoms with Gasteiger partial charge in [-0.15, -0.1) is 0 Å². The van der Waals surface area contributed by atoms with E-state index in [0.29, 0.717) is 26.9 Å². The molecule has 0 aromatic heterocycles. The van der Waals surface area contributed by atoms with E-state index in [1.165, 1.54) is 18.2 Å². The van der Waals surface area contributed by atoms with Crippen LogP contribution in [0.15, 0.2) is 64.0 Å². The number of hydrogen-bond donors (Lipinski definition) is 3. The minimum absolute atomic E-state index is 0.0397. The topological polar surface area (TPSA) is 95.5 Å². The molecule has 1 aliphatic rings. The first kappa shape index (κ1) is 26.7. The van der Waals surface area contributed by atoms with Gasteiger partial charge in [0.25, 0.3) is 15.9 Å². The molecular formula is C26H22BrF3N2O4S. The van der Waals surface area contributed by atoms with Gasteiger partial charge in [-0.25, -0.2) is 8.42 Å². The number of phenols is 1. The van der Waals surface area contributed by atoms with Crippen molar-refractivity contribution in [3.8, 4) is 5.75 Å². The van der Waals surface area contributed by atoms with E-state index < -0.39 is 27.7 Å². The van der Waals surface area contributed by atoms with Crippen LogP contribution in [0.25, 0.3) is 11.6 Å². The number of aromatic hydroxyl groups is 1. The predicted molar refractivity (Wildman–Crippen MR) is 140 cm³/mol. The number of sulfonamides is 1. The molecule has 194 valence electrons. The summed E-state index contributed by atoms with van der Waals surface area (Å²) in [7, 11) is -4.17. The summed E-state index contributed by atoms with van der Waals surface area (Å²) in [5.41, 5.74) is 0.930. The Morgan fingerprint density at radius 3 is 2.24 bits per heavy atom. The standard InChI is InChI=1S/C26H22BrF3N2O4S/c1-25(2,3)20-11-14(12-21(27)23(20)33)10-19-18-13-17(8-9-22(18)31-24(19)34)37(35,36)32-16-6-4-15(5-7-16)26(28,29)30/h4-13,32-33H,1-3H3,(H,31,34). The molecule has 4 rings (SSSR count). The second-order valence-corrected chi connectivity index (χ2v) is 12.1. The number of hydrogen-bond acceptors (Lipinski definition) is 4. The summed E-state index contributed by atoms with van der Waals surface area (Å²) in [5.74, 6) is -0.338. The third kappa shape index (κ3) is 5.52. The summed E-state index contributed by atoms with van der Waals surface area (Å²) in [6.07, 6.45) is -2.94. The van der Waals surface area contributed by atoms with Gasteiger partial charge in [-0.1, -0.05) is 20.8 Å². The molecule has 3 N–H and O–H groups in total. The lowest BCUT2D eigenvalue weighted by Gasteiger charge is -2.21. The van der Waals surface area contributed by atoms with Gasteiger partial charge in [-0.2, -0.15) is 13.2 Å². The molecule has 1 heterocycles. The maximum absolute atomic E-state index is 13.0. The zero-order valence-electron chi connectivity index (χ0n) is 19.9. The number of benzene rings is 3. The molecule has 0 fully saturated rings. The molecule has 3 aromatic carbocycles. The molecule has 1 amide bonds. The summed E-state index contributed by atoms with van der Waals surface area (Å²) in [6, 6.07) is 11.1. The Morgan fingerprint density at radius 1 is 1.00 bits per heavy atom. The fraction of sp³-hybridized carbons (Fsp3) is 0.192. The fourth-order valence-electron chi connectivity index (χ4n) is 3.86. The van der Waals surface area contributed by atoms with Gasteiger partial charge in [-0.3, -0.25) is 9.52 Å². The van der Waals surface area contributed by atoms with Crippen molar-refractivity contribution in [2.75, 3.05) is 10.0 Å². The van der Waals surface area contributed by atoms with Gasteiger partial charge in [-0.05, 0) is 87.6 Å². The van der Waals surface area contributed by atoms with E-state index in [2.05, 4.69) is 26.0 Å². The molecule has 0 radical (unpaired) electrons. The van der Waals surface area contributed by atoms with Crippen LogP contribution in [0.3, 0.4) is 0 Å². The lowest BCUT2D eigenvalue weighted by Crippen LogP contribution is -2.13. The largest absolute Gasteiger partial charge is 0.506 e. The van der Waals surface area contributed by atoms with E-state index in [1.807, 2.05) is 20.8 Å². The first-order valence-electron chi connectivity index (χ1n) is 11.0. The number of phenolic OH excluding ortho intramolecular Hbond substituents is 1. The number of halogens is 4. The third-order valence-corrected chi connectivity index (χ3v) is 7.74. The molecule has 0 saturated heterocycles. The maximum Gasteiger partial charge on any atom is 0.416 e. The average Bonchev–Trinajstić information content (AvgIpc) is 3.09. The molecule has 0 spiro atoms. The molecule has 0 saturated carbocycles. The van der Waals surface area contributed by atoms with Crippen LogP contribution >= 0.6 is 15.9 Å². The summed E-state index contributed by atoms with van der Waals surface area (Å²) in [4.78, 5) is 12.6. The van der Waals surface area contributed by atoms with E-state index in [0.717, 1.165) is 24.3 Å². The fourth-order valence-corrected chi connectivity index (χ4v) is 5.42. The van der Waals surface area contributed by atoms with E-state index in [1.54, 1.807) is 18.2 Å². The van der Waals surface area contributed by atoms with Crippen LogP contribution in [0, 0.1) is 0 Å². The number of carbonyl (C=O) groups is 1. The van der Waals surface area contributed by atoms with Gasteiger partial charge < -0.3 is 10.4 Å². The molecule has 6 nitrogen and oxygen atoms in total. The Balaban J connectivity index is 1.70. The minimum atomic E-state index is -4.54. The van der Waals surface area contributed by atoms with E-state index >= 15 is 0 Å². The average molecular weight is 595 g/mol. The Labute approximate surface area is 220 Å². The molecule has 0 atom stereocenters. The van der Waals surface area contributed by atoms with E-state index in [4.69, 9.17) is 0 Å². The smallest absolute Gasteiger partial charge is 0.416 e. The lowest BCUT2D eigenvalue weighted by molar-refractivity contribution is -0.137. The minimum Gasteiger partial charge on any atom is -0.506 e. The number of rotatable bonds is 4. The Kier molecular flexibility index (Phi) is 6.66. The summed E-state index contributed by atoms with van der Waals surface area (Å²) in [5, 5.41) is 13.2. The summed E-state index contributed by atoms with van der Waals surface area (Å²) < 4.78 is 67.1. The Morgan fingerprint density at radius 2 is 1.65 bits per heavy atom. The molecular weight excluding hydrogens is 573 g/mol. The molecule has 11 heteroatoms. The molecule has 1 aliphatic heterocycles. The number of amides is 1. The van der Waals surface area contributed by atoms with E-state index in [-0.39, 0.29) is 27.3 Å². The van der Waals surface area contributed by atoms with Crippen LogP contribution in [0.5, 0.6) is 5.75 Å². The number of fused-ring (bicyclic) bond motifs is 1. The van der Waals surface area contributed by atoms with Gasteiger partial charge in [0, 0.05) is 28.1 Å². The highest BCUT2D eigenvalue weighted by atomic mass is 79.9. The quantitative estimate of drug-likeness (QED) is 0.291. The lowest BCUT2D eigenvalue weighted by atomic mass is 9.85. The van der Waals surface area contributed by atoms with E-state index in [9.17, 15) is 31.5 Å². The summed E-state index contributed by atoms with van der Waals surface area (Å²) >= 11 is 3.34. The molecule has 0 bridgehead atoms. The van der Waals surface area contributed by atoms with Crippen molar-refractivity contribution in [2.45, 2.75) is 37.3 Å². The first-order valence-corrected chi connectivity index (χ1v) is 13.2. The Bertz CT molecular complexity index is 1540. The van der Waals surface area contributed by atoms with Gasteiger partial charge in [0.2, 0.25) is 0 Å². The van der Waals surface area contributed by atoms with Crippen LogP contribution in [0.4, 0.5) is 24.5 Å². The SMILES string of the molecule is CC(C)(C)c1cc(C=C2C(=O)Nc3ccc(S(=O)(=O)Nc4ccc(C(F)(F)F)cc4)cc32)cc(Br)c1O. The molecule has 0 aliphatic carbocycles. The van der Waals surface area contributed by atoms with Crippen LogP contribution in [-0.4, -0.2) is 19.4 Å². The van der Waals surface area contributed by atoms with Crippen LogP contribution in [0.1, 0.15) is 43.0 Å².